The van der Waals surface area contributed by atoms with Crippen molar-refractivity contribution >= 4 is 11.7 Å². The molecular weight excluding hydrogens is 284 g/mol. The number of furan rings is 1. The van der Waals surface area contributed by atoms with E-state index in [9.17, 15) is 13.6 Å². The average Bonchev–Trinajstić information content (AvgIpc) is 2.90. The molecule has 112 valence electrons. The number of rotatable bonds is 6. The van der Waals surface area contributed by atoms with Crippen LogP contribution in [0.25, 0.3) is 0 Å². The smallest absolute Gasteiger partial charge is 0.387 e. The van der Waals surface area contributed by atoms with Crippen molar-refractivity contribution in [1.82, 2.24) is 0 Å². The molecule has 0 amide bonds. The van der Waals surface area contributed by atoms with E-state index in [1.165, 1.54) is 18.2 Å². The number of aromatic carboxylic acids is 1. The lowest BCUT2D eigenvalue weighted by Gasteiger charge is -2.16. The molecule has 1 aromatic carbocycles. The van der Waals surface area contributed by atoms with Crippen molar-refractivity contribution in [3.8, 4) is 5.75 Å². The number of carbonyl (C=O) groups is 1. The highest BCUT2D eigenvalue weighted by molar-refractivity contribution is 5.84. The van der Waals surface area contributed by atoms with Crippen molar-refractivity contribution in [2.45, 2.75) is 19.6 Å². The highest BCUT2D eigenvalue weighted by Gasteiger charge is 2.16. The van der Waals surface area contributed by atoms with Gasteiger partial charge in [0.05, 0.1) is 11.7 Å². The van der Waals surface area contributed by atoms with E-state index >= 15 is 0 Å². The van der Waals surface area contributed by atoms with E-state index in [2.05, 4.69) is 10.1 Å². The first kappa shape index (κ1) is 14.8. The molecule has 1 heterocycles. The molecule has 0 saturated heterocycles. The Bertz CT molecular complexity index is 627. The first-order chi connectivity index (χ1) is 9.97. The Balaban J connectivity index is 2.15. The van der Waals surface area contributed by atoms with Gasteiger partial charge in [0.1, 0.15) is 11.5 Å². The second-order valence-corrected chi connectivity index (χ2v) is 4.25. The van der Waals surface area contributed by atoms with Gasteiger partial charge in [-0.15, -0.1) is 0 Å². The Kier molecular flexibility index (Phi) is 4.42. The van der Waals surface area contributed by atoms with Crippen LogP contribution in [0, 0.1) is 0 Å². The summed E-state index contributed by atoms with van der Waals surface area (Å²) in [5.74, 6) is -0.978. The van der Waals surface area contributed by atoms with Crippen molar-refractivity contribution in [2.24, 2.45) is 0 Å². The first-order valence-corrected chi connectivity index (χ1v) is 6.10. The SMILES string of the molecule is CC(Nc1ccccc1OC(F)F)c1ccc(C(=O)O)o1. The van der Waals surface area contributed by atoms with Gasteiger partial charge in [-0.3, -0.25) is 0 Å². The van der Waals surface area contributed by atoms with Crippen LogP contribution in [0.4, 0.5) is 14.5 Å². The predicted molar refractivity (Wildman–Crippen MR) is 70.8 cm³/mol. The lowest BCUT2D eigenvalue weighted by molar-refractivity contribution is -0.0494. The third-order valence-corrected chi connectivity index (χ3v) is 2.74. The summed E-state index contributed by atoms with van der Waals surface area (Å²) in [6, 6.07) is 8.65. The van der Waals surface area contributed by atoms with Crippen molar-refractivity contribution in [1.29, 1.82) is 0 Å². The maximum Gasteiger partial charge on any atom is 0.387 e. The number of hydrogen-bond donors (Lipinski definition) is 2. The first-order valence-electron chi connectivity index (χ1n) is 6.10. The molecule has 0 aliphatic rings. The highest BCUT2D eigenvalue weighted by Crippen LogP contribution is 2.29. The Morgan fingerprint density at radius 3 is 2.62 bits per heavy atom. The van der Waals surface area contributed by atoms with Gasteiger partial charge in [0, 0.05) is 0 Å². The minimum absolute atomic E-state index is 0.00404. The third-order valence-electron chi connectivity index (χ3n) is 2.74. The fraction of sp³-hybridized carbons (Fsp3) is 0.214. The molecule has 0 aliphatic carbocycles. The lowest BCUT2D eigenvalue weighted by Crippen LogP contribution is -2.09. The van der Waals surface area contributed by atoms with Gasteiger partial charge in [-0.25, -0.2) is 4.79 Å². The second-order valence-electron chi connectivity index (χ2n) is 4.25. The second kappa shape index (κ2) is 6.25. The molecule has 0 aliphatic heterocycles. The minimum Gasteiger partial charge on any atom is -0.475 e. The zero-order valence-corrected chi connectivity index (χ0v) is 11.0. The molecule has 0 saturated carbocycles. The largest absolute Gasteiger partial charge is 0.475 e. The van der Waals surface area contributed by atoms with Gasteiger partial charge in [0.25, 0.3) is 0 Å². The van der Waals surface area contributed by atoms with Gasteiger partial charge < -0.3 is 19.6 Å². The summed E-state index contributed by atoms with van der Waals surface area (Å²) < 4.78 is 34.2. The van der Waals surface area contributed by atoms with E-state index in [-0.39, 0.29) is 11.5 Å². The maximum atomic E-state index is 12.3. The van der Waals surface area contributed by atoms with Crippen LogP contribution in [-0.2, 0) is 0 Å². The number of hydrogen-bond acceptors (Lipinski definition) is 4. The van der Waals surface area contributed by atoms with Gasteiger partial charge >= 0.3 is 12.6 Å². The lowest BCUT2D eigenvalue weighted by atomic mass is 10.2. The van der Waals surface area contributed by atoms with Crippen LogP contribution in [0.5, 0.6) is 5.75 Å². The van der Waals surface area contributed by atoms with E-state index < -0.39 is 18.6 Å². The number of ether oxygens (including phenoxy) is 1. The zero-order valence-electron chi connectivity index (χ0n) is 11.0. The summed E-state index contributed by atoms with van der Waals surface area (Å²) in [6.07, 6.45) is 0. The van der Waals surface area contributed by atoms with Gasteiger partial charge in [-0.2, -0.15) is 8.78 Å². The normalized spacial score (nSPS) is 12.2. The number of alkyl halides is 2. The van der Waals surface area contributed by atoms with Crippen molar-refractivity contribution < 1.29 is 27.8 Å². The summed E-state index contributed by atoms with van der Waals surface area (Å²) in [4.78, 5) is 10.8. The molecule has 1 aromatic heterocycles. The van der Waals surface area contributed by atoms with Gasteiger partial charge in [0.15, 0.2) is 0 Å². The molecule has 1 atom stereocenters. The van der Waals surface area contributed by atoms with Crippen LogP contribution in [0.15, 0.2) is 40.8 Å². The van der Waals surface area contributed by atoms with E-state index in [0.29, 0.717) is 11.4 Å². The summed E-state index contributed by atoms with van der Waals surface area (Å²) >= 11 is 0. The summed E-state index contributed by atoms with van der Waals surface area (Å²) in [7, 11) is 0. The standard InChI is InChI=1S/C14H13F2NO4/c1-8(10-6-7-12(20-10)13(18)19)17-9-4-2-3-5-11(9)21-14(15)16/h2-8,14,17H,1H3,(H,18,19). The van der Waals surface area contributed by atoms with Crippen LogP contribution in [-0.4, -0.2) is 17.7 Å². The van der Waals surface area contributed by atoms with E-state index in [1.54, 1.807) is 25.1 Å². The number of para-hydroxylation sites is 2. The van der Waals surface area contributed by atoms with Crippen molar-refractivity contribution in [3.05, 3.63) is 47.9 Å². The van der Waals surface area contributed by atoms with Crippen LogP contribution >= 0.6 is 0 Å². The summed E-state index contributed by atoms with van der Waals surface area (Å²) in [5, 5.41) is 11.7. The topological polar surface area (TPSA) is 71.7 Å². The molecule has 0 spiro atoms. The van der Waals surface area contributed by atoms with Crippen LogP contribution in [0.3, 0.4) is 0 Å². The maximum absolute atomic E-state index is 12.3. The molecule has 2 N–H and O–H groups in total. The van der Waals surface area contributed by atoms with Crippen LogP contribution in [0.2, 0.25) is 0 Å². The number of anilines is 1. The zero-order chi connectivity index (χ0) is 15.4. The van der Waals surface area contributed by atoms with E-state index in [4.69, 9.17) is 9.52 Å². The molecule has 0 bridgehead atoms. The monoisotopic (exact) mass is 297 g/mol. The molecule has 2 rings (SSSR count). The minimum atomic E-state index is -2.93. The van der Waals surface area contributed by atoms with Gasteiger partial charge in [-0.05, 0) is 31.2 Å². The Labute approximate surface area is 119 Å². The number of halogens is 2. The molecule has 2 aromatic rings. The predicted octanol–water partition coefficient (Wildman–Crippen LogP) is 3.75. The molecule has 0 radical (unpaired) electrons. The Morgan fingerprint density at radius 2 is 2.00 bits per heavy atom. The summed E-state index contributed by atoms with van der Waals surface area (Å²) in [6.45, 7) is -1.21. The molecule has 1 unspecified atom stereocenters. The fourth-order valence-electron chi connectivity index (χ4n) is 1.79. The van der Waals surface area contributed by atoms with E-state index in [0.717, 1.165) is 0 Å². The molecular formula is C14H13F2NO4. The third kappa shape index (κ3) is 3.71. The molecule has 7 heteroatoms. The molecule has 5 nitrogen and oxygen atoms in total. The number of carboxylic acid groups (broad SMARTS) is 1. The number of benzene rings is 1. The Hall–Kier alpha value is -2.57. The summed E-state index contributed by atoms with van der Waals surface area (Å²) in [5.41, 5.74) is 0.360. The average molecular weight is 297 g/mol. The molecule has 0 fully saturated rings. The van der Waals surface area contributed by atoms with Gasteiger partial charge in [0.2, 0.25) is 5.76 Å². The highest BCUT2D eigenvalue weighted by atomic mass is 19.3. The quantitative estimate of drug-likeness (QED) is 0.849. The number of carboxylic acids is 1. The number of nitrogens with one attached hydrogen (secondary N) is 1. The van der Waals surface area contributed by atoms with Gasteiger partial charge in [-0.1, -0.05) is 12.1 Å². The Morgan fingerprint density at radius 1 is 1.29 bits per heavy atom. The van der Waals surface area contributed by atoms with Crippen molar-refractivity contribution in [3.63, 3.8) is 0 Å². The van der Waals surface area contributed by atoms with Crippen LogP contribution < -0.4 is 10.1 Å². The van der Waals surface area contributed by atoms with Crippen molar-refractivity contribution in [2.75, 3.05) is 5.32 Å². The van der Waals surface area contributed by atoms with E-state index in [1.807, 2.05) is 0 Å². The van der Waals surface area contributed by atoms with Crippen LogP contribution in [0.1, 0.15) is 29.3 Å². The fourth-order valence-corrected chi connectivity index (χ4v) is 1.79. The molecule has 21 heavy (non-hydrogen) atoms.